The van der Waals surface area contributed by atoms with E-state index in [0.29, 0.717) is 5.15 Å². The molecule has 1 heterocycles. The molecule has 0 spiro atoms. The number of hydrogen-bond donors (Lipinski definition) is 0. The van der Waals surface area contributed by atoms with Gasteiger partial charge in [-0.15, -0.1) is 0 Å². The van der Waals surface area contributed by atoms with Gasteiger partial charge in [0, 0.05) is 6.20 Å². The first-order valence-corrected chi connectivity index (χ1v) is 4.22. The fourth-order valence-corrected chi connectivity index (χ4v) is 1.07. The number of nitrogens with zero attached hydrogens (tertiary/aromatic N) is 1. The lowest BCUT2D eigenvalue weighted by molar-refractivity contribution is -0.141. The normalized spacial score (nSPS) is 12.2. The lowest BCUT2D eigenvalue weighted by atomic mass is 10.0. The minimum Gasteiger partial charge on any atom is -0.469 e. The van der Waals surface area contributed by atoms with E-state index in [1.165, 1.54) is 7.11 Å². The van der Waals surface area contributed by atoms with Crippen LogP contribution < -0.4 is 0 Å². The fourth-order valence-electron chi connectivity index (χ4n) is 0.956. The zero-order valence-corrected chi connectivity index (χ0v) is 8.21. The number of hydrogen-bond acceptors (Lipinski definition) is 3. The van der Waals surface area contributed by atoms with E-state index in [1.54, 1.807) is 25.3 Å². The number of pyridine rings is 1. The van der Waals surface area contributed by atoms with Crippen LogP contribution in [0.3, 0.4) is 0 Å². The maximum absolute atomic E-state index is 11.1. The lowest BCUT2D eigenvalue weighted by Crippen LogP contribution is -2.10. The number of methoxy groups -OCH3 is 1. The number of carbonyl (C=O) groups is 1. The number of halogens is 1. The standard InChI is InChI=1S/C9H10ClNO2/c1-6(9(12)13-2)7-3-4-8(10)11-5-7/h3-6H,1-2H3/t6-/m0/s1. The van der Waals surface area contributed by atoms with Gasteiger partial charge in [0.2, 0.25) is 0 Å². The van der Waals surface area contributed by atoms with Gasteiger partial charge in [-0.25, -0.2) is 4.98 Å². The van der Waals surface area contributed by atoms with E-state index in [9.17, 15) is 4.79 Å². The Labute approximate surface area is 81.7 Å². The Morgan fingerprint density at radius 1 is 1.62 bits per heavy atom. The van der Waals surface area contributed by atoms with Crippen LogP contribution in [0.15, 0.2) is 18.3 Å². The van der Waals surface area contributed by atoms with Gasteiger partial charge in [-0.3, -0.25) is 4.79 Å². The predicted octanol–water partition coefficient (Wildman–Crippen LogP) is 2.01. The van der Waals surface area contributed by atoms with Crippen molar-refractivity contribution in [2.24, 2.45) is 0 Å². The van der Waals surface area contributed by atoms with Crippen molar-refractivity contribution in [2.75, 3.05) is 7.11 Å². The second-order valence-corrected chi connectivity index (χ2v) is 3.05. The van der Waals surface area contributed by atoms with E-state index in [4.69, 9.17) is 11.6 Å². The molecule has 1 aromatic heterocycles. The topological polar surface area (TPSA) is 39.2 Å². The van der Waals surface area contributed by atoms with Gasteiger partial charge in [0.25, 0.3) is 0 Å². The molecule has 0 saturated carbocycles. The molecule has 0 unspecified atom stereocenters. The van der Waals surface area contributed by atoms with Gasteiger partial charge >= 0.3 is 5.97 Å². The molecule has 13 heavy (non-hydrogen) atoms. The number of esters is 1. The Morgan fingerprint density at radius 2 is 2.31 bits per heavy atom. The molecule has 0 radical (unpaired) electrons. The molecule has 0 fully saturated rings. The van der Waals surface area contributed by atoms with Gasteiger partial charge in [0.05, 0.1) is 13.0 Å². The Kier molecular flexibility index (Phi) is 3.25. The van der Waals surface area contributed by atoms with Crippen molar-refractivity contribution >= 4 is 17.6 Å². The summed E-state index contributed by atoms with van der Waals surface area (Å²) in [5.41, 5.74) is 0.802. The van der Waals surface area contributed by atoms with Crippen LogP contribution in [0.5, 0.6) is 0 Å². The number of ether oxygens (including phenoxy) is 1. The summed E-state index contributed by atoms with van der Waals surface area (Å²) in [6, 6.07) is 3.41. The van der Waals surface area contributed by atoms with Crippen molar-refractivity contribution in [3.8, 4) is 0 Å². The molecule has 3 nitrogen and oxygen atoms in total. The molecule has 0 aliphatic carbocycles. The lowest BCUT2D eigenvalue weighted by Gasteiger charge is -2.08. The van der Waals surface area contributed by atoms with Crippen molar-refractivity contribution in [3.05, 3.63) is 29.0 Å². The van der Waals surface area contributed by atoms with Crippen LogP contribution in [-0.4, -0.2) is 18.1 Å². The third kappa shape index (κ3) is 2.42. The first-order chi connectivity index (χ1) is 6.15. The summed E-state index contributed by atoms with van der Waals surface area (Å²) < 4.78 is 4.60. The molecular weight excluding hydrogens is 190 g/mol. The third-order valence-corrected chi connectivity index (χ3v) is 2.03. The first kappa shape index (κ1) is 9.99. The molecule has 0 saturated heterocycles. The summed E-state index contributed by atoms with van der Waals surface area (Å²) in [5.74, 6) is -0.570. The molecule has 70 valence electrons. The smallest absolute Gasteiger partial charge is 0.312 e. The predicted molar refractivity (Wildman–Crippen MR) is 49.7 cm³/mol. The average Bonchev–Trinajstić information content (AvgIpc) is 2.17. The SMILES string of the molecule is COC(=O)[C@@H](C)c1ccc(Cl)nc1. The second kappa shape index (κ2) is 4.23. The van der Waals surface area contributed by atoms with E-state index >= 15 is 0 Å². The minimum atomic E-state index is -0.297. The van der Waals surface area contributed by atoms with Gasteiger partial charge in [-0.2, -0.15) is 0 Å². The van der Waals surface area contributed by atoms with E-state index < -0.39 is 0 Å². The van der Waals surface area contributed by atoms with E-state index in [2.05, 4.69) is 9.72 Å². The Morgan fingerprint density at radius 3 is 2.77 bits per heavy atom. The molecule has 1 rings (SSSR count). The van der Waals surface area contributed by atoms with Crippen LogP contribution in [0.4, 0.5) is 0 Å². The summed E-state index contributed by atoms with van der Waals surface area (Å²) in [4.78, 5) is 15.0. The summed E-state index contributed by atoms with van der Waals surface area (Å²) in [6.07, 6.45) is 1.57. The van der Waals surface area contributed by atoms with Crippen molar-refractivity contribution in [1.29, 1.82) is 0 Å². The molecule has 1 aromatic rings. The highest BCUT2D eigenvalue weighted by Gasteiger charge is 2.15. The molecule has 1 atom stereocenters. The van der Waals surface area contributed by atoms with E-state index in [1.807, 2.05) is 0 Å². The van der Waals surface area contributed by atoms with Crippen LogP contribution >= 0.6 is 11.6 Å². The van der Waals surface area contributed by atoms with Crippen LogP contribution in [-0.2, 0) is 9.53 Å². The Balaban J connectivity index is 2.83. The van der Waals surface area contributed by atoms with Crippen LogP contribution in [0.1, 0.15) is 18.4 Å². The largest absolute Gasteiger partial charge is 0.469 e. The van der Waals surface area contributed by atoms with Gasteiger partial charge in [0.1, 0.15) is 5.15 Å². The van der Waals surface area contributed by atoms with Crippen molar-refractivity contribution in [3.63, 3.8) is 0 Å². The number of aromatic nitrogens is 1. The van der Waals surface area contributed by atoms with Gasteiger partial charge < -0.3 is 4.74 Å². The minimum absolute atomic E-state index is 0.274. The summed E-state index contributed by atoms with van der Waals surface area (Å²) in [5, 5.41) is 0.417. The Hall–Kier alpha value is -1.09. The van der Waals surface area contributed by atoms with E-state index in [0.717, 1.165) is 5.56 Å². The zero-order valence-electron chi connectivity index (χ0n) is 7.45. The van der Waals surface area contributed by atoms with Crippen molar-refractivity contribution < 1.29 is 9.53 Å². The molecule has 0 bridgehead atoms. The molecule has 4 heteroatoms. The molecule has 0 aromatic carbocycles. The van der Waals surface area contributed by atoms with Crippen molar-refractivity contribution in [1.82, 2.24) is 4.98 Å². The highest BCUT2D eigenvalue weighted by molar-refractivity contribution is 6.29. The van der Waals surface area contributed by atoms with Crippen LogP contribution in [0, 0.1) is 0 Å². The fraction of sp³-hybridized carbons (Fsp3) is 0.333. The maximum atomic E-state index is 11.1. The molecule has 0 amide bonds. The summed E-state index contributed by atoms with van der Waals surface area (Å²) >= 11 is 5.60. The summed E-state index contributed by atoms with van der Waals surface area (Å²) in [6.45, 7) is 1.76. The van der Waals surface area contributed by atoms with E-state index in [-0.39, 0.29) is 11.9 Å². The molecule has 0 N–H and O–H groups in total. The first-order valence-electron chi connectivity index (χ1n) is 3.84. The highest BCUT2D eigenvalue weighted by Crippen LogP contribution is 2.16. The maximum Gasteiger partial charge on any atom is 0.312 e. The van der Waals surface area contributed by atoms with Crippen LogP contribution in [0.25, 0.3) is 0 Å². The molecule has 0 aliphatic rings. The molecular formula is C9H10ClNO2. The number of carbonyl (C=O) groups excluding carboxylic acids is 1. The molecule has 0 aliphatic heterocycles. The van der Waals surface area contributed by atoms with Gasteiger partial charge in [-0.05, 0) is 18.6 Å². The van der Waals surface area contributed by atoms with Crippen molar-refractivity contribution in [2.45, 2.75) is 12.8 Å². The quantitative estimate of drug-likeness (QED) is 0.540. The third-order valence-electron chi connectivity index (χ3n) is 1.81. The summed E-state index contributed by atoms with van der Waals surface area (Å²) in [7, 11) is 1.36. The second-order valence-electron chi connectivity index (χ2n) is 2.66. The average molecular weight is 200 g/mol. The van der Waals surface area contributed by atoms with Crippen LogP contribution in [0.2, 0.25) is 5.15 Å². The number of rotatable bonds is 2. The highest BCUT2D eigenvalue weighted by atomic mass is 35.5. The Bertz CT molecular complexity index is 297. The zero-order chi connectivity index (χ0) is 9.84. The van der Waals surface area contributed by atoms with Gasteiger partial charge in [0.15, 0.2) is 0 Å². The van der Waals surface area contributed by atoms with Gasteiger partial charge in [-0.1, -0.05) is 17.7 Å². The monoisotopic (exact) mass is 199 g/mol.